The van der Waals surface area contributed by atoms with Crippen LogP contribution in [0.3, 0.4) is 0 Å². The molecule has 192 valence electrons. The van der Waals surface area contributed by atoms with Gasteiger partial charge in [0.2, 0.25) is 6.41 Å². The third-order valence-electron chi connectivity index (χ3n) is 5.99. The monoisotopic (exact) mass is 508 g/mol. The molecule has 1 amide bonds. The number of halogens is 1. The lowest BCUT2D eigenvalue weighted by molar-refractivity contribution is -0.109. The third-order valence-corrected chi connectivity index (χ3v) is 6.22. The number of phenols is 1. The molecule has 0 saturated heterocycles. The van der Waals surface area contributed by atoms with Gasteiger partial charge in [-0.05, 0) is 49.6 Å². The van der Waals surface area contributed by atoms with Crippen LogP contribution in [0, 0.1) is 18.3 Å². The van der Waals surface area contributed by atoms with Crippen LogP contribution in [-0.4, -0.2) is 23.8 Å². The zero-order valence-corrected chi connectivity index (χ0v) is 22.4. The first kappa shape index (κ1) is 28.7. The van der Waals surface area contributed by atoms with E-state index in [4.69, 9.17) is 17.0 Å². The number of amides is 1. The minimum Gasteiger partial charge on any atom is -0.506 e. The molecule has 4 N–H and O–H groups in total. The summed E-state index contributed by atoms with van der Waals surface area (Å²) in [6, 6.07) is 21.2. The molecule has 2 atom stereocenters. The largest absolute Gasteiger partial charge is 0.506 e. The van der Waals surface area contributed by atoms with E-state index < -0.39 is 0 Å². The van der Waals surface area contributed by atoms with Crippen molar-refractivity contribution in [1.82, 2.24) is 5.43 Å². The summed E-state index contributed by atoms with van der Waals surface area (Å²) in [5.41, 5.74) is 8.54. The lowest BCUT2D eigenvalue weighted by atomic mass is 9.90. The summed E-state index contributed by atoms with van der Waals surface area (Å²) in [4.78, 5) is 10.2. The summed E-state index contributed by atoms with van der Waals surface area (Å²) >= 11 is 5.88. The Balaban J connectivity index is 0.000000273. The lowest BCUT2D eigenvalue weighted by Gasteiger charge is -2.27. The van der Waals surface area contributed by atoms with Crippen LogP contribution >= 0.6 is 11.6 Å². The Bertz CT molecular complexity index is 1130. The van der Waals surface area contributed by atoms with Gasteiger partial charge in [0.1, 0.15) is 5.75 Å². The van der Waals surface area contributed by atoms with Crippen molar-refractivity contribution in [1.29, 1.82) is 5.41 Å². The molecule has 0 aromatic heterocycles. The Morgan fingerprint density at radius 2 is 1.78 bits per heavy atom. The molecule has 1 heterocycles. The van der Waals surface area contributed by atoms with Crippen LogP contribution < -0.4 is 15.8 Å². The fourth-order valence-electron chi connectivity index (χ4n) is 3.85. The predicted octanol–water partition coefficient (Wildman–Crippen LogP) is 6.92. The molecular weight excluding hydrogens is 472 g/mol. The summed E-state index contributed by atoms with van der Waals surface area (Å²) < 4.78 is 0. The van der Waals surface area contributed by atoms with Gasteiger partial charge in [-0.25, -0.2) is 0 Å². The maximum atomic E-state index is 10.2. The number of anilines is 2. The molecule has 2 unspecified atom stereocenters. The average Bonchev–Trinajstić information content (AvgIpc) is 3.29. The van der Waals surface area contributed by atoms with Crippen LogP contribution in [0.15, 0.2) is 66.7 Å². The number of hydrazine groups is 1. The second kappa shape index (κ2) is 14.1. The number of hydrogen-bond acceptors (Lipinski definition) is 5. The Hall–Kier alpha value is -3.51. The standard InChI is InChI=1S/C18H21ClN2O.C9H10N2O.C2H6/c1-11-4-6-14(7-5-11)18(12(2)13(3)20)21-16-9-8-15(19)10-17(16)22;12-7-10-11-6-5-8-3-1-2-4-9(8)11;1-2/h4-10,12,18,20-22H,1-3H3;1-4,7H,5-6H2,(H,10,12);1-2H3. The second-order valence-electron chi connectivity index (χ2n) is 8.44. The Kier molecular flexibility index (Phi) is 11.3. The molecule has 1 aliphatic heterocycles. The lowest BCUT2D eigenvalue weighted by Crippen LogP contribution is -2.35. The zero-order chi connectivity index (χ0) is 26.7. The first-order valence-corrected chi connectivity index (χ1v) is 12.6. The quantitative estimate of drug-likeness (QED) is 0.158. The van der Waals surface area contributed by atoms with Gasteiger partial charge in [-0.2, -0.15) is 0 Å². The van der Waals surface area contributed by atoms with E-state index in [0.29, 0.717) is 22.8 Å². The number of rotatable bonds is 7. The van der Waals surface area contributed by atoms with Crippen molar-refractivity contribution < 1.29 is 9.90 Å². The van der Waals surface area contributed by atoms with Gasteiger partial charge < -0.3 is 15.8 Å². The van der Waals surface area contributed by atoms with E-state index in [2.05, 4.69) is 41.1 Å². The molecule has 0 spiro atoms. The number of benzene rings is 3. The highest BCUT2D eigenvalue weighted by molar-refractivity contribution is 6.30. The third kappa shape index (κ3) is 7.75. The maximum Gasteiger partial charge on any atom is 0.225 e. The van der Waals surface area contributed by atoms with Crippen LogP contribution in [0.1, 0.15) is 50.4 Å². The molecule has 1 aliphatic rings. The molecule has 0 fully saturated rings. The average molecular weight is 509 g/mol. The number of para-hydroxylation sites is 1. The zero-order valence-electron chi connectivity index (χ0n) is 21.7. The number of phenolic OH excluding ortho intramolecular Hbond substituents is 1. The topological polar surface area (TPSA) is 88.5 Å². The Morgan fingerprint density at radius 1 is 1.11 bits per heavy atom. The van der Waals surface area contributed by atoms with Crippen molar-refractivity contribution in [2.45, 2.75) is 47.1 Å². The molecule has 6 nitrogen and oxygen atoms in total. The second-order valence-corrected chi connectivity index (χ2v) is 8.88. The van der Waals surface area contributed by atoms with E-state index in [9.17, 15) is 9.90 Å². The fraction of sp³-hybridized carbons (Fsp3) is 0.310. The number of aryl methyl sites for hydroxylation is 1. The first-order chi connectivity index (χ1) is 17.3. The summed E-state index contributed by atoms with van der Waals surface area (Å²) in [7, 11) is 0. The first-order valence-electron chi connectivity index (χ1n) is 12.2. The molecule has 7 heteroatoms. The number of fused-ring (bicyclic) bond motifs is 1. The molecule has 3 aromatic carbocycles. The van der Waals surface area contributed by atoms with Crippen molar-refractivity contribution in [3.05, 3.63) is 88.4 Å². The van der Waals surface area contributed by atoms with Crippen LogP contribution in [0.2, 0.25) is 5.02 Å². The highest BCUT2D eigenvalue weighted by Gasteiger charge is 2.22. The van der Waals surface area contributed by atoms with Gasteiger partial charge in [0.15, 0.2) is 0 Å². The molecule has 0 bridgehead atoms. The van der Waals surface area contributed by atoms with Crippen LogP contribution in [0.25, 0.3) is 0 Å². The summed E-state index contributed by atoms with van der Waals surface area (Å²) in [5.74, 6) is 0.109. The Labute approximate surface area is 219 Å². The van der Waals surface area contributed by atoms with E-state index in [0.717, 1.165) is 24.2 Å². The van der Waals surface area contributed by atoms with Gasteiger partial charge in [-0.1, -0.05) is 80.4 Å². The molecule has 0 aliphatic carbocycles. The van der Waals surface area contributed by atoms with Gasteiger partial charge in [0.05, 0.1) is 17.4 Å². The number of carbonyl (C=O) groups is 1. The highest BCUT2D eigenvalue weighted by atomic mass is 35.5. The number of nitrogens with zero attached hydrogens (tertiary/aromatic N) is 1. The number of hydrogen-bond donors (Lipinski definition) is 4. The van der Waals surface area contributed by atoms with E-state index in [1.165, 1.54) is 17.2 Å². The number of nitrogens with one attached hydrogen (secondary N) is 3. The number of aromatic hydroxyl groups is 1. The van der Waals surface area contributed by atoms with E-state index >= 15 is 0 Å². The van der Waals surface area contributed by atoms with Crippen molar-refractivity contribution in [3.63, 3.8) is 0 Å². The number of carbonyl (C=O) groups excluding carboxylic acids is 1. The van der Waals surface area contributed by atoms with Crippen molar-refractivity contribution in [3.8, 4) is 5.75 Å². The normalized spacial score (nSPS) is 13.1. The molecular formula is C29H37ClN4O2. The van der Waals surface area contributed by atoms with Crippen molar-refractivity contribution >= 4 is 35.1 Å². The summed E-state index contributed by atoms with van der Waals surface area (Å²) in [5, 5.41) is 23.7. The van der Waals surface area contributed by atoms with Crippen LogP contribution in [0.4, 0.5) is 11.4 Å². The van der Waals surface area contributed by atoms with E-state index in [1.807, 2.05) is 50.9 Å². The summed E-state index contributed by atoms with van der Waals surface area (Å²) in [6.45, 7) is 10.7. The molecule has 0 radical (unpaired) electrons. The molecule has 4 rings (SSSR count). The van der Waals surface area contributed by atoms with Gasteiger partial charge in [0.25, 0.3) is 0 Å². The van der Waals surface area contributed by atoms with Crippen LogP contribution in [0.5, 0.6) is 5.75 Å². The van der Waals surface area contributed by atoms with Gasteiger partial charge in [0, 0.05) is 29.3 Å². The van der Waals surface area contributed by atoms with Gasteiger partial charge in [-0.3, -0.25) is 15.2 Å². The smallest absolute Gasteiger partial charge is 0.225 e. The van der Waals surface area contributed by atoms with Crippen molar-refractivity contribution in [2.75, 3.05) is 16.9 Å². The highest BCUT2D eigenvalue weighted by Crippen LogP contribution is 2.33. The SMILES string of the molecule is CC.CC(=N)C(C)C(Nc1ccc(Cl)cc1O)c1ccc(C)cc1.O=CNN1CCc2ccccc21. The minimum atomic E-state index is -0.0924. The molecule has 3 aromatic rings. The predicted molar refractivity (Wildman–Crippen MR) is 151 cm³/mol. The molecule has 0 saturated carbocycles. The molecule has 36 heavy (non-hydrogen) atoms. The van der Waals surface area contributed by atoms with Crippen molar-refractivity contribution in [2.24, 2.45) is 5.92 Å². The Morgan fingerprint density at radius 3 is 2.39 bits per heavy atom. The van der Waals surface area contributed by atoms with E-state index in [1.54, 1.807) is 19.1 Å². The van der Waals surface area contributed by atoms with Gasteiger partial charge in [-0.15, -0.1) is 0 Å². The minimum absolute atomic E-state index is 0.00205. The fourth-order valence-corrected chi connectivity index (χ4v) is 4.02. The van der Waals surface area contributed by atoms with Gasteiger partial charge >= 0.3 is 0 Å². The van der Waals surface area contributed by atoms with E-state index in [-0.39, 0.29) is 17.7 Å². The summed E-state index contributed by atoms with van der Waals surface area (Å²) in [6.07, 6.45) is 1.72. The van der Waals surface area contributed by atoms with Crippen LogP contribution in [-0.2, 0) is 11.2 Å². The maximum absolute atomic E-state index is 10.2.